The zero-order chi connectivity index (χ0) is 20.6. The molecule has 3 rings (SSSR count). The molecule has 29 heavy (non-hydrogen) atoms. The Morgan fingerprint density at radius 1 is 0.931 bits per heavy atom. The Labute approximate surface area is 175 Å². The van der Waals surface area contributed by atoms with Crippen LogP contribution in [0.1, 0.15) is 20.7 Å². The topological polar surface area (TPSA) is 89.3 Å². The number of ether oxygens (including phenoxy) is 1. The smallest absolute Gasteiger partial charge is 0.362 e. The van der Waals surface area contributed by atoms with Gasteiger partial charge in [-0.25, -0.2) is 10.3 Å². The van der Waals surface area contributed by atoms with Gasteiger partial charge in [0, 0.05) is 10.0 Å². The Morgan fingerprint density at radius 2 is 1.66 bits per heavy atom. The second-order valence-corrected chi connectivity index (χ2v) is 6.70. The van der Waals surface area contributed by atoms with Gasteiger partial charge in [-0.1, -0.05) is 22.0 Å². The molecule has 0 heterocycles. The molecular formula is C21H16BrN3O4. The van der Waals surface area contributed by atoms with E-state index in [9.17, 15) is 9.59 Å². The van der Waals surface area contributed by atoms with E-state index in [2.05, 4.69) is 31.6 Å². The van der Waals surface area contributed by atoms with Crippen LogP contribution in [0.2, 0.25) is 0 Å². The number of nitrogens with zero attached hydrogens (tertiary/aromatic N) is 2. The highest BCUT2D eigenvalue weighted by Gasteiger charge is 2.08. The van der Waals surface area contributed by atoms with Gasteiger partial charge in [-0.05, 0) is 66.7 Å². The zero-order valence-electron chi connectivity index (χ0n) is 15.3. The van der Waals surface area contributed by atoms with Gasteiger partial charge < -0.3 is 9.57 Å². The fourth-order valence-corrected chi connectivity index (χ4v) is 2.53. The summed E-state index contributed by atoms with van der Waals surface area (Å²) in [7, 11) is 1.52. The van der Waals surface area contributed by atoms with Crippen LogP contribution >= 0.6 is 15.9 Å². The van der Waals surface area contributed by atoms with Crippen LogP contribution in [0.15, 0.2) is 87.5 Å². The molecule has 146 valence electrons. The van der Waals surface area contributed by atoms with Crippen LogP contribution in [0.5, 0.6) is 5.75 Å². The number of carbonyl (C=O) groups is 2. The van der Waals surface area contributed by atoms with Crippen LogP contribution in [0.3, 0.4) is 0 Å². The lowest BCUT2D eigenvalue weighted by Gasteiger charge is -2.07. The van der Waals surface area contributed by atoms with Gasteiger partial charge >= 0.3 is 5.97 Å². The van der Waals surface area contributed by atoms with Gasteiger partial charge in [0.05, 0.1) is 24.0 Å². The molecule has 0 saturated carbocycles. The van der Waals surface area contributed by atoms with E-state index in [0.717, 1.165) is 4.47 Å². The average molecular weight is 454 g/mol. The molecule has 0 aromatic heterocycles. The normalized spacial score (nSPS) is 10.6. The van der Waals surface area contributed by atoms with E-state index in [0.29, 0.717) is 28.3 Å². The molecule has 7 nitrogen and oxygen atoms in total. The number of rotatable bonds is 6. The van der Waals surface area contributed by atoms with Crippen LogP contribution in [-0.2, 0) is 4.84 Å². The minimum absolute atomic E-state index is 0.381. The van der Waals surface area contributed by atoms with Crippen LogP contribution < -0.4 is 10.2 Å². The van der Waals surface area contributed by atoms with Gasteiger partial charge in [-0.2, -0.15) is 0 Å². The summed E-state index contributed by atoms with van der Waals surface area (Å²) in [6, 6.07) is 20.1. The summed E-state index contributed by atoms with van der Waals surface area (Å²) in [5, 5.41) is 7.64. The highest BCUT2D eigenvalue weighted by atomic mass is 79.9. The number of hydrogen-bond donors (Lipinski definition) is 1. The Kier molecular flexibility index (Phi) is 6.70. The van der Waals surface area contributed by atoms with Crippen molar-refractivity contribution in [1.82, 2.24) is 0 Å². The lowest BCUT2D eigenvalue weighted by Crippen LogP contribution is -2.10. The van der Waals surface area contributed by atoms with E-state index >= 15 is 0 Å². The first-order chi connectivity index (χ1) is 14.0. The molecule has 3 aromatic rings. The predicted molar refractivity (Wildman–Crippen MR) is 111 cm³/mol. The average Bonchev–Trinajstić information content (AvgIpc) is 2.77. The molecule has 8 heteroatoms. The number of nitrogens with one attached hydrogen (secondary N) is 1. The van der Waals surface area contributed by atoms with Crippen molar-refractivity contribution in [2.45, 2.75) is 0 Å². The maximum absolute atomic E-state index is 12.1. The molecule has 0 radical (unpaired) electrons. The van der Waals surface area contributed by atoms with Crippen LogP contribution in [0, 0.1) is 0 Å². The number of halogens is 1. The summed E-state index contributed by atoms with van der Waals surface area (Å²) >= 11 is 3.31. The third kappa shape index (κ3) is 5.73. The maximum atomic E-state index is 12.1. The molecule has 1 N–H and O–H groups in total. The number of hydrogen-bond acceptors (Lipinski definition) is 6. The van der Waals surface area contributed by atoms with Crippen LogP contribution in [-0.4, -0.2) is 19.0 Å². The predicted octanol–water partition coefficient (Wildman–Crippen LogP) is 5.57. The van der Waals surface area contributed by atoms with Crippen molar-refractivity contribution < 1.29 is 19.2 Å². The lowest BCUT2D eigenvalue weighted by atomic mass is 10.2. The first-order valence-corrected chi connectivity index (χ1v) is 9.27. The molecule has 1 amide bonds. The zero-order valence-corrected chi connectivity index (χ0v) is 16.9. The van der Waals surface area contributed by atoms with E-state index in [1.807, 2.05) is 0 Å². The minimum atomic E-state index is -0.509. The van der Waals surface area contributed by atoms with Crippen molar-refractivity contribution in [2.24, 2.45) is 10.2 Å². The van der Waals surface area contributed by atoms with Crippen molar-refractivity contribution in [3.8, 4) is 5.75 Å². The Bertz CT molecular complexity index is 1030. The molecule has 0 unspecified atom stereocenters. The molecule has 3 aromatic carbocycles. The SMILES string of the molecule is COc1cccc(C(=O)N=Nc2ccc(NOC(=O)c3ccc(Br)cc3)cc2)c1. The number of carbonyl (C=O) groups excluding carboxylic acids is 2. The van der Waals surface area contributed by atoms with E-state index in [1.165, 1.54) is 7.11 Å². The van der Waals surface area contributed by atoms with Gasteiger partial charge in [0.2, 0.25) is 0 Å². The molecule has 0 atom stereocenters. The Morgan fingerprint density at radius 3 is 2.34 bits per heavy atom. The summed E-state index contributed by atoms with van der Waals surface area (Å²) in [6.45, 7) is 0. The Balaban J connectivity index is 1.56. The first kappa shape index (κ1) is 20.2. The van der Waals surface area contributed by atoms with E-state index < -0.39 is 11.9 Å². The summed E-state index contributed by atoms with van der Waals surface area (Å²) in [5.41, 5.74) is 4.40. The van der Waals surface area contributed by atoms with Crippen molar-refractivity contribution in [3.05, 3.63) is 88.4 Å². The second-order valence-electron chi connectivity index (χ2n) is 5.78. The summed E-state index contributed by atoms with van der Waals surface area (Å²) < 4.78 is 5.96. The second kappa shape index (κ2) is 9.61. The van der Waals surface area contributed by atoms with Crippen molar-refractivity contribution in [3.63, 3.8) is 0 Å². The Hall–Kier alpha value is -3.52. The van der Waals surface area contributed by atoms with Crippen LogP contribution in [0.4, 0.5) is 11.4 Å². The van der Waals surface area contributed by atoms with Gasteiger partial charge in [-0.3, -0.25) is 4.79 Å². The molecule has 0 saturated heterocycles. The standard InChI is InChI=1S/C21H16BrN3O4/c1-28-19-4-2-3-15(13-19)20(26)24-23-17-9-11-18(12-10-17)25-29-21(27)14-5-7-16(22)8-6-14/h2-13,25H,1H3. The maximum Gasteiger partial charge on any atom is 0.362 e. The molecule has 0 aliphatic rings. The summed E-state index contributed by atoms with van der Waals surface area (Å²) in [6.07, 6.45) is 0. The summed E-state index contributed by atoms with van der Waals surface area (Å²) in [4.78, 5) is 29.1. The van der Waals surface area contributed by atoms with Gasteiger partial charge in [0.1, 0.15) is 5.75 Å². The summed E-state index contributed by atoms with van der Waals surface area (Å²) in [5.74, 6) is -0.418. The van der Waals surface area contributed by atoms with E-state index in [4.69, 9.17) is 9.57 Å². The molecule has 0 aliphatic heterocycles. The third-order valence-electron chi connectivity index (χ3n) is 3.78. The van der Waals surface area contributed by atoms with Crippen molar-refractivity contribution in [1.29, 1.82) is 0 Å². The van der Waals surface area contributed by atoms with Gasteiger partial charge in [0.15, 0.2) is 0 Å². The van der Waals surface area contributed by atoms with Crippen molar-refractivity contribution in [2.75, 3.05) is 12.6 Å². The highest BCUT2D eigenvalue weighted by Crippen LogP contribution is 2.19. The number of amides is 1. The van der Waals surface area contributed by atoms with E-state index in [-0.39, 0.29) is 0 Å². The van der Waals surface area contributed by atoms with E-state index in [1.54, 1.807) is 72.8 Å². The van der Waals surface area contributed by atoms with Gasteiger partial charge in [0.25, 0.3) is 5.91 Å². The minimum Gasteiger partial charge on any atom is -0.497 e. The third-order valence-corrected chi connectivity index (χ3v) is 4.31. The van der Waals surface area contributed by atoms with Gasteiger partial charge in [-0.15, -0.1) is 10.2 Å². The number of benzene rings is 3. The fraction of sp³-hybridized carbons (Fsp3) is 0.0476. The highest BCUT2D eigenvalue weighted by molar-refractivity contribution is 9.10. The molecule has 0 aliphatic carbocycles. The van der Waals surface area contributed by atoms with Crippen molar-refractivity contribution >= 4 is 39.2 Å². The number of methoxy groups -OCH3 is 1. The first-order valence-electron chi connectivity index (χ1n) is 8.48. The quantitative estimate of drug-likeness (QED) is 0.389. The molecule has 0 fully saturated rings. The largest absolute Gasteiger partial charge is 0.497 e. The monoisotopic (exact) mass is 453 g/mol. The lowest BCUT2D eigenvalue weighted by molar-refractivity contribution is 0.0596. The molecule has 0 spiro atoms. The van der Waals surface area contributed by atoms with Crippen LogP contribution in [0.25, 0.3) is 0 Å². The fourth-order valence-electron chi connectivity index (χ4n) is 2.26. The molecular weight excluding hydrogens is 438 g/mol. The molecule has 0 bridgehead atoms. The number of anilines is 1. The number of azo groups is 1.